The number of aliphatic hydroxyl groups is 1. The van der Waals surface area contributed by atoms with Gasteiger partial charge in [0, 0.05) is 13.1 Å². The number of likely N-dealkylation sites (tertiary alicyclic amines) is 1. The van der Waals surface area contributed by atoms with Crippen molar-refractivity contribution in [1.82, 2.24) is 14.5 Å². The van der Waals surface area contributed by atoms with Gasteiger partial charge in [-0.15, -0.1) is 5.10 Å². The second-order valence-corrected chi connectivity index (χ2v) is 6.54. The lowest BCUT2D eigenvalue weighted by Gasteiger charge is -2.22. The SMILES string of the molecule is CC(C)c1nnsc1C(=O)N1CCCC(C)(O)CC1. The summed E-state index contributed by atoms with van der Waals surface area (Å²) in [5.41, 5.74) is 0.132. The van der Waals surface area contributed by atoms with E-state index in [1.807, 2.05) is 25.7 Å². The lowest BCUT2D eigenvalue weighted by molar-refractivity contribution is 0.0438. The smallest absolute Gasteiger partial charge is 0.267 e. The van der Waals surface area contributed by atoms with Gasteiger partial charge < -0.3 is 10.0 Å². The molecule has 1 aliphatic heterocycles. The maximum absolute atomic E-state index is 12.5. The Bertz CT molecular complexity index is 456. The van der Waals surface area contributed by atoms with E-state index in [0.29, 0.717) is 24.4 Å². The molecule has 1 N–H and O–H groups in total. The number of hydrogen-bond acceptors (Lipinski definition) is 5. The van der Waals surface area contributed by atoms with Gasteiger partial charge in [0.05, 0.1) is 11.3 Å². The largest absolute Gasteiger partial charge is 0.390 e. The van der Waals surface area contributed by atoms with Gasteiger partial charge in [0.2, 0.25) is 0 Å². The fourth-order valence-electron chi connectivity index (χ4n) is 2.33. The first-order chi connectivity index (χ1) is 8.91. The van der Waals surface area contributed by atoms with Gasteiger partial charge in [0.25, 0.3) is 5.91 Å². The summed E-state index contributed by atoms with van der Waals surface area (Å²) >= 11 is 1.17. The first kappa shape index (κ1) is 14.4. The summed E-state index contributed by atoms with van der Waals surface area (Å²) in [5.74, 6) is 0.212. The van der Waals surface area contributed by atoms with Gasteiger partial charge in [-0.1, -0.05) is 18.3 Å². The Balaban J connectivity index is 2.13. The molecule has 1 unspecified atom stereocenters. The Morgan fingerprint density at radius 2 is 2.16 bits per heavy atom. The second-order valence-electron chi connectivity index (χ2n) is 5.78. The summed E-state index contributed by atoms with van der Waals surface area (Å²) in [5, 5.41) is 14.1. The van der Waals surface area contributed by atoms with Crippen LogP contribution < -0.4 is 0 Å². The molecule has 0 aliphatic carbocycles. The van der Waals surface area contributed by atoms with E-state index in [0.717, 1.165) is 18.5 Å². The molecule has 19 heavy (non-hydrogen) atoms. The van der Waals surface area contributed by atoms with E-state index in [2.05, 4.69) is 9.59 Å². The topological polar surface area (TPSA) is 66.3 Å². The third-order valence-electron chi connectivity index (χ3n) is 3.61. The molecular weight excluding hydrogens is 262 g/mol. The van der Waals surface area contributed by atoms with Gasteiger partial charge in [-0.2, -0.15) is 0 Å². The molecule has 0 spiro atoms. The maximum Gasteiger partial charge on any atom is 0.267 e. The summed E-state index contributed by atoms with van der Waals surface area (Å²) in [6.07, 6.45) is 2.21. The first-order valence-electron chi connectivity index (χ1n) is 6.74. The normalized spacial score (nSPS) is 24.6. The van der Waals surface area contributed by atoms with E-state index < -0.39 is 5.60 Å². The highest BCUT2D eigenvalue weighted by Crippen LogP contribution is 2.25. The Labute approximate surface area is 117 Å². The van der Waals surface area contributed by atoms with Crippen molar-refractivity contribution >= 4 is 17.4 Å². The molecule has 1 aromatic heterocycles. The van der Waals surface area contributed by atoms with Gasteiger partial charge in [-0.05, 0) is 43.6 Å². The lowest BCUT2D eigenvalue weighted by atomic mass is 9.98. The molecule has 1 atom stereocenters. The Kier molecular flexibility index (Phi) is 4.20. The van der Waals surface area contributed by atoms with Gasteiger partial charge >= 0.3 is 0 Å². The van der Waals surface area contributed by atoms with Crippen molar-refractivity contribution in [2.24, 2.45) is 0 Å². The molecule has 0 bridgehead atoms. The Morgan fingerprint density at radius 3 is 2.84 bits per heavy atom. The Hall–Kier alpha value is -1.01. The van der Waals surface area contributed by atoms with Crippen LogP contribution in [-0.2, 0) is 0 Å². The van der Waals surface area contributed by atoms with Crippen LogP contribution in [0.3, 0.4) is 0 Å². The number of carbonyl (C=O) groups excluding carboxylic acids is 1. The third-order valence-corrected chi connectivity index (χ3v) is 4.33. The number of hydrogen-bond donors (Lipinski definition) is 1. The van der Waals surface area contributed by atoms with Crippen LogP contribution in [0, 0.1) is 0 Å². The van der Waals surface area contributed by atoms with E-state index in [4.69, 9.17) is 0 Å². The molecule has 5 nitrogen and oxygen atoms in total. The average Bonchev–Trinajstić information content (AvgIpc) is 2.74. The monoisotopic (exact) mass is 283 g/mol. The highest BCUT2D eigenvalue weighted by Gasteiger charge is 2.29. The van der Waals surface area contributed by atoms with Crippen molar-refractivity contribution in [1.29, 1.82) is 0 Å². The molecule has 2 heterocycles. The minimum Gasteiger partial charge on any atom is -0.390 e. The molecule has 1 amide bonds. The zero-order chi connectivity index (χ0) is 14.0. The van der Waals surface area contributed by atoms with Gasteiger partial charge in [-0.25, -0.2) is 0 Å². The van der Waals surface area contributed by atoms with Crippen LogP contribution in [0.5, 0.6) is 0 Å². The molecular formula is C13H21N3O2S. The van der Waals surface area contributed by atoms with Gasteiger partial charge in [0.15, 0.2) is 0 Å². The number of rotatable bonds is 2. The summed E-state index contributed by atoms with van der Waals surface area (Å²) in [7, 11) is 0. The van der Waals surface area contributed by atoms with Crippen molar-refractivity contribution in [3.63, 3.8) is 0 Å². The van der Waals surface area contributed by atoms with Crippen LogP contribution in [0.15, 0.2) is 0 Å². The van der Waals surface area contributed by atoms with Gasteiger partial charge in [-0.3, -0.25) is 4.79 Å². The van der Waals surface area contributed by atoms with Gasteiger partial charge in [0.1, 0.15) is 4.88 Å². The molecule has 0 radical (unpaired) electrons. The summed E-state index contributed by atoms with van der Waals surface area (Å²) < 4.78 is 3.91. The molecule has 0 saturated carbocycles. The molecule has 1 saturated heterocycles. The highest BCUT2D eigenvalue weighted by atomic mass is 32.1. The summed E-state index contributed by atoms with van der Waals surface area (Å²) in [6.45, 7) is 7.17. The van der Waals surface area contributed by atoms with E-state index in [-0.39, 0.29) is 11.8 Å². The van der Waals surface area contributed by atoms with Crippen LogP contribution >= 0.6 is 11.5 Å². The van der Waals surface area contributed by atoms with E-state index in [9.17, 15) is 9.90 Å². The fourth-order valence-corrected chi connectivity index (χ4v) is 3.12. The molecule has 106 valence electrons. The van der Waals surface area contributed by atoms with E-state index in [1.54, 1.807) is 0 Å². The van der Waals surface area contributed by atoms with E-state index in [1.165, 1.54) is 11.5 Å². The van der Waals surface area contributed by atoms with Crippen molar-refractivity contribution in [2.45, 2.75) is 51.6 Å². The summed E-state index contributed by atoms with van der Waals surface area (Å²) in [4.78, 5) is 15.0. The number of nitrogens with zero attached hydrogens (tertiary/aromatic N) is 3. The minimum absolute atomic E-state index is 0.0106. The van der Waals surface area contributed by atoms with Crippen LogP contribution in [0.2, 0.25) is 0 Å². The predicted octanol–water partition coefficient (Wildman–Crippen LogP) is 2.04. The molecule has 0 aromatic carbocycles. The van der Waals surface area contributed by atoms with Crippen LogP contribution in [-0.4, -0.2) is 44.2 Å². The third kappa shape index (κ3) is 3.30. The molecule has 1 fully saturated rings. The predicted molar refractivity (Wildman–Crippen MR) is 74.4 cm³/mol. The lowest BCUT2D eigenvalue weighted by Crippen LogP contribution is -2.33. The summed E-state index contributed by atoms with van der Waals surface area (Å²) in [6, 6.07) is 0. The van der Waals surface area contributed by atoms with Crippen LogP contribution in [0.1, 0.15) is 61.3 Å². The van der Waals surface area contributed by atoms with Crippen LogP contribution in [0.25, 0.3) is 0 Å². The Morgan fingerprint density at radius 1 is 1.42 bits per heavy atom. The zero-order valence-electron chi connectivity index (χ0n) is 11.7. The van der Waals surface area contributed by atoms with Crippen molar-refractivity contribution < 1.29 is 9.90 Å². The quantitative estimate of drug-likeness (QED) is 0.902. The van der Waals surface area contributed by atoms with Crippen LogP contribution in [0.4, 0.5) is 0 Å². The second kappa shape index (κ2) is 5.54. The van der Waals surface area contributed by atoms with Crippen molar-refractivity contribution in [2.75, 3.05) is 13.1 Å². The fraction of sp³-hybridized carbons (Fsp3) is 0.769. The highest BCUT2D eigenvalue weighted by molar-refractivity contribution is 7.08. The first-order valence-corrected chi connectivity index (χ1v) is 7.52. The molecule has 1 aliphatic rings. The number of carbonyl (C=O) groups is 1. The number of amides is 1. The van der Waals surface area contributed by atoms with E-state index >= 15 is 0 Å². The van der Waals surface area contributed by atoms with Crippen molar-refractivity contribution in [3.8, 4) is 0 Å². The average molecular weight is 283 g/mol. The zero-order valence-corrected chi connectivity index (χ0v) is 12.5. The molecule has 6 heteroatoms. The molecule has 2 rings (SSSR count). The molecule has 1 aromatic rings. The maximum atomic E-state index is 12.5. The standard InChI is InChI=1S/C13H21N3O2S/c1-9(2)10-11(19-15-14-10)12(17)16-7-4-5-13(3,18)6-8-16/h9,18H,4-8H2,1-3H3. The number of aromatic nitrogens is 2. The minimum atomic E-state index is -0.651. The van der Waals surface area contributed by atoms with Crippen molar-refractivity contribution in [3.05, 3.63) is 10.6 Å².